The van der Waals surface area contributed by atoms with Gasteiger partial charge < -0.3 is 9.67 Å². The van der Waals surface area contributed by atoms with Gasteiger partial charge in [-0.3, -0.25) is 4.98 Å². The lowest BCUT2D eigenvalue weighted by atomic mass is 10.2. The molecule has 2 heterocycles. The minimum Gasteiger partial charge on any atom is -0.390 e. The smallest absolute Gasteiger partial charge is 0.0836 e. The highest BCUT2D eigenvalue weighted by molar-refractivity contribution is 5.83. The predicted octanol–water partition coefficient (Wildman–Crippen LogP) is 2.52. The molecule has 0 saturated carbocycles. The molecule has 0 fully saturated rings. The van der Waals surface area contributed by atoms with Crippen LogP contribution in [0.5, 0.6) is 0 Å². The van der Waals surface area contributed by atoms with E-state index >= 15 is 0 Å². The molecule has 0 aliphatic rings. The van der Waals surface area contributed by atoms with Gasteiger partial charge in [-0.2, -0.15) is 0 Å². The second kappa shape index (κ2) is 4.03. The van der Waals surface area contributed by atoms with Crippen LogP contribution in [-0.4, -0.2) is 14.7 Å². The number of aliphatic hydroxyl groups is 1. The molecule has 3 nitrogen and oxygen atoms in total. The van der Waals surface area contributed by atoms with E-state index in [4.69, 9.17) is 0 Å². The number of hydrogen-bond acceptors (Lipinski definition) is 2. The van der Waals surface area contributed by atoms with Crippen molar-refractivity contribution in [2.75, 3.05) is 0 Å². The van der Waals surface area contributed by atoms with Gasteiger partial charge in [0.25, 0.3) is 0 Å². The summed E-state index contributed by atoms with van der Waals surface area (Å²) in [6.07, 6.45) is 3.54. The number of pyridine rings is 1. The molecule has 2 aromatic heterocycles. The van der Waals surface area contributed by atoms with Crippen LogP contribution in [0.2, 0.25) is 0 Å². The van der Waals surface area contributed by atoms with Gasteiger partial charge in [0, 0.05) is 17.3 Å². The zero-order chi connectivity index (χ0) is 11.7. The monoisotopic (exact) mass is 224 g/mol. The first kappa shape index (κ1) is 10.1. The fraction of sp³-hybridized carbons (Fsp3) is 0.0714. The Kier molecular flexibility index (Phi) is 2.38. The van der Waals surface area contributed by atoms with E-state index in [1.807, 2.05) is 47.0 Å². The molecule has 0 aliphatic heterocycles. The lowest BCUT2D eigenvalue weighted by molar-refractivity contribution is 0.275. The van der Waals surface area contributed by atoms with E-state index in [1.54, 1.807) is 12.4 Å². The first-order chi connectivity index (χ1) is 8.40. The highest BCUT2D eigenvalue weighted by Gasteiger charge is 2.08. The van der Waals surface area contributed by atoms with Crippen molar-refractivity contribution in [2.45, 2.75) is 6.61 Å². The predicted molar refractivity (Wildman–Crippen MR) is 67.0 cm³/mol. The second-order valence-electron chi connectivity index (χ2n) is 3.90. The normalized spacial score (nSPS) is 10.9. The zero-order valence-corrected chi connectivity index (χ0v) is 9.24. The third kappa shape index (κ3) is 1.61. The molecule has 0 saturated heterocycles. The molecule has 0 radical (unpaired) electrons. The molecule has 84 valence electrons. The molecule has 0 aliphatic carbocycles. The molecule has 0 bridgehead atoms. The minimum absolute atomic E-state index is 0.0174. The van der Waals surface area contributed by atoms with Gasteiger partial charge in [-0.05, 0) is 24.3 Å². The van der Waals surface area contributed by atoms with Crippen molar-refractivity contribution in [3.05, 3.63) is 60.6 Å². The van der Waals surface area contributed by atoms with E-state index in [0.717, 1.165) is 22.3 Å². The Morgan fingerprint density at radius 1 is 1.12 bits per heavy atom. The Labute approximate surface area is 99.0 Å². The highest BCUT2D eigenvalue weighted by Crippen LogP contribution is 2.23. The zero-order valence-electron chi connectivity index (χ0n) is 9.24. The van der Waals surface area contributed by atoms with Crippen molar-refractivity contribution in [1.82, 2.24) is 9.55 Å². The summed E-state index contributed by atoms with van der Waals surface area (Å²) in [7, 11) is 0. The van der Waals surface area contributed by atoms with Crippen LogP contribution in [0.25, 0.3) is 16.6 Å². The van der Waals surface area contributed by atoms with Crippen molar-refractivity contribution < 1.29 is 5.11 Å². The van der Waals surface area contributed by atoms with Crippen LogP contribution in [0.1, 0.15) is 5.69 Å². The molecule has 0 amide bonds. The van der Waals surface area contributed by atoms with Crippen molar-refractivity contribution >= 4 is 10.9 Å². The standard InChI is InChI=1S/C14H12N2O/c17-10-13-8-11-4-1-2-6-14(11)16(13)12-5-3-7-15-9-12/h1-9,17H,10H2. The first-order valence-electron chi connectivity index (χ1n) is 5.51. The summed E-state index contributed by atoms with van der Waals surface area (Å²) < 4.78 is 2.03. The van der Waals surface area contributed by atoms with E-state index in [1.165, 1.54) is 0 Å². The van der Waals surface area contributed by atoms with Gasteiger partial charge in [0.15, 0.2) is 0 Å². The van der Waals surface area contributed by atoms with Crippen LogP contribution in [0.3, 0.4) is 0 Å². The van der Waals surface area contributed by atoms with Crippen molar-refractivity contribution in [3.8, 4) is 5.69 Å². The number of fused-ring (bicyclic) bond motifs is 1. The van der Waals surface area contributed by atoms with Crippen molar-refractivity contribution in [2.24, 2.45) is 0 Å². The summed E-state index contributed by atoms with van der Waals surface area (Å²) in [4.78, 5) is 4.12. The number of nitrogens with zero attached hydrogens (tertiary/aromatic N) is 2. The fourth-order valence-corrected chi connectivity index (χ4v) is 2.12. The quantitative estimate of drug-likeness (QED) is 0.726. The summed E-state index contributed by atoms with van der Waals surface area (Å²) in [5.41, 5.74) is 2.93. The number of hydrogen-bond donors (Lipinski definition) is 1. The Hall–Kier alpha value is -2.13. The Bertz CT molecular complexity index is 644. The molecule has 3 aromatic rings. The van der Waals surface area contributed by atoms with Crippen LogP contribution in [0.15, 0.2) is 54.9 Å². The maximum absolute atomic E-state index is 9.44. The van der Waals surface area contributed by atoms with Crippen LogP contribution < -0.4 is 0 Å². The van der Waals surface area contributed by atoms with Gasteiger partial charge in [0.05, 0.1) is 24.0 Å². The number of rotatable bonds is 2. The molecule has 0 atom stereocenters. The molecular weight excluding hydrogens is 212 g/mol. The number of benzene rings is 1. The van der Waals surface area contributed by atoms with Crippen LogP contribution >= 0.6 is 0 Å². The Morgan fingerprint density at radius 2 is 2.00 bits per heavy atom. The molecule has 1 aromatic carbocycles. The van der Waals surface area contributed by atoms with Gasteiger partial charge >= 0.3 is 0 Å². The van der Waals surface area contributed by atoms with Gasteiger partial charge in [-0.25, -0.2) is 0 Å². The lowest BCUT2D eigenvalue weighted by Gasteiger charge is -2.08. The summed E-state index contributed by atoms with van der Waals surface area (Å²) in [6.45, 7) is 0.0174. The van der Waals surface area contributed by atoms with Gasteiger partial charge in [0.1, 0.15) is 0 Å². The van der Waals surface area contributed by atoms with Crippen LogP contribution in [0.4, 0.5) is 0 Å². The average molecular weight is 224 g/mol. The number of para-hydroxylation sites is 1. The summed E-state index contributed by atoms with van der Waals surface area (Å²) in [5, 5.41) is 10.6. The van der Waals surface area contributed by atoms with E-state index in [9.17, 15) is 5.11 Å². The highest BCUT2D eigenvalue weighted by atomic mass is 16.3. The molecule has 1 N–H and O–H groups in total. The summed E-state index contributed by atoms with van der Waals surface area (Å²) >= 11 is 0. The third-order valence-corrected chi connectivity index (χ3v) is 2.85. The Balaban J connectivity index is 2.34. The van der Waals surface area contributed by atoms with Crippen molar-refractivity contribution in [3.63, 3.8) is 0 Å². The van der Waals surface area contributed by atoms with E-state index in [-0.39, 0.29) is 6.61 Å². The SMILES string of the molecule is OCc1cc2ccccc2n1-c1cccnc1. The fourth-order valence-electron chi connectivity index (χ4n) is 2.12. The van der Waals surface area contributed by atoms with Crippen LogP contribution in [0, 0.1) is 0 Å². The largest absolute Gasteiger partial charge is 0.390 e. The molecule has 17 heavy (non-hydrogen) atoms. The molecule has 0 unspecified atom stereocenters. The summed E-state index contributed by atoms with van der Waals surface area (Å²) in [6, 6.07) is 14.0. The van der Waals surface area contributed by atoms with E-state index in [0.29, 0.717) is 0 Å². The van der Waals surface area contributed by atoms with Crippen LogP contribution in [-0.2, 0) is 6.61 Å². The number of aromatic nitrogens is 2. The Morgan fingerprint density at radius 3 is 2.76 bits per heavy atom. The molecular formula is C14H12N2O. The van der Waals surface area contributed by atoms with Gasteiger partial charge in [-0.1, -0.05) is 18.2 Å². The second-order valence-corrected chi connectivity index (χ2v) is 3.90. The molecule has 3 heteroatoms. The van der Waals surface area contributed by atoms with Crippen molar-refractivity contribution in [1.29, 1.82) is 0 Å². The average Bonchev–Trinajstić information content (AvgIpc) is 2.78. The molecule has 0 spiro atoms. The third-order valence-electron chi connectivity index (χ3n) is 2.85. The van der Waals surface area contributed by atoms with E-state index in [2.05, 4.69) is 4.98 Å². The number of aliphatic hydroxyl groups excluding tert-OH is 1. The summed E-state index contributed by atoms with van der Waals surface area (Å²) in [5.74, 6) is 0. The molecule has 3 rings (SSSR count). The maximum Gasteiger partial charge on any atom is 0.0836 e. The topological polar surface area (TPSA) is 38.0 Å². The van der Waals surface area contributed by atoms with Gasteiger partial charge in [-0.15, -0.1) is 0 Å². The first-order valence-corrected chi connectivity index (χ1v) is 5.51. The van der Waals surface area contributed by atoms with E-state index < -0.39 is 0 Å². The minimum atomic E-state index is 0.0174. The lowest BCUT2D eigenvalue weighted by Crippen LogP contribution is -1.99. The maximum atomic E-state index is 9.44. The van der Waals surface area contributed by atoms with Gasteiger partial charge in [0.2, 0.25) is 0 Å².